The molecule has 0 spiro atoms. The number of rotatable bonds is 6. The third-order valence-electron chi connectivity index (χ3n) is 5.85. The molecule has 0 radical (unpaired) electrons. The Bertz CT molecular complexity index is 1640. The molecule has 4 N–H and O–H groups in total. The molecule has 5 rings (SSSR count). The fraction of sp³-hybridized carbons (Fsp3) is 0.0714. The Morgan fingerprint density at radius 3 is 1.31 bits per heavy atom. The smallest absolute Gasteiger partial charge is 0.268 e. The molecule has 0 saturated heterocycles. The minimum Gasteiger partial charge on any atom is -0.505 e. The van der Waals surface area contributed by atoms with E-state index in [1.54, 1.807) is 48.5 Å². The van der Waals surface area contributed by atoms with Gasteiger partial charge in [0.2, 0.25) is 0 Å². The predicted molar refractivity (Wildman–Crippen MR) is 162 cm³/mol. The molecule has 0 fully saturated rings. The van der Waals surface area contributed by atoms with Crippen molar-refractivity contribution in [3.63, 3.8) is 0 Å². The Hall–Kier alpha value is -4.34. The number of amides is 2. The van der Waals surface area contributed by atoms with Crippen LogP contribution in [0.5, 0.6) is 23.0 Å². The molecule has 0 saturated carbocycles. The molecule has 2 heterocycles. The van der Waals surface area contributed by atoms with Crippen LogP contribution in [0.4, 0.5) is 11.4 Å². The van der Waals surface area contributed by atoms with Crippen molar-refractivity contribution in [2.45, 2.75) is 19.6 Å². The summed E-state index contributed by atoms with van der Waals surface area (Å²) in [5.41, 5.74) is 0.353. The van der Waals surface area contributed by atoms with Crippen molar-refractivity contribution in [2.75, 3.05) is 24.9 Å². The highest BCUT2D eigenvalue weighted by atomic mass is 32.2. The third kappa shape index (κ3) is 5.33. The van der Waals surface area contributed by atoms with E-state index >= 15 is 0 Å². The van der Waals surface area contributed by atoms with Gasteiger partial charge < -0.3 is 30.3 Å². The molecule has 0 bridgehead atoms. The van der Waals surface area contributed by atoms with E-state index in [1.165, 1.54) is 14.2 Å². The van der Waals surface area contributed by atoms with Gasteiger partial charge in [-0.25, -0.2) is 0 Å². The quantitative estimate of drug-likeness (QED) is 0.137. The zero-order chi connectivity index (χ0) is 30.0. The van der Waals surface area contributed by atoms with Gasteiger partial charge in [-0.3, -0.25) is 9.59 Å². The number of benzene rings is 3. The van der Waals surface area contributed by atoms with Gasteiger partial charge in [-0.15, -0.1) is 0 Å². The number of fused-ring (bicyclic) bond motifs is 2. The van der Waals surface area contributed by atoms with E-state index in [0.717, 1.165) is 47.0 Å². The number of ether oxygens (including phenoxy) is 2. The first-order valence-corrected chi connectivity index (χ1v) is 15.1. The Morgan fingerprint density at radius 2 is 1.00 bits per heavy atom. The minimum atomic E-state index is -0.676. The number of nitrogens with zero attached hydrogens (tertiary/aromatic N) is 2. The first kappa shape index (κ1) is 29.2. The maximum Gasteiger partial charge on any atom is 0.268 e. The summed E-state index contributed by atoms with van der Waals surface area (Å²) in [6.45, 7) is 0. The first-order valence-electron chi connectivity index (χ1n) is 11.8. The number of hydrogen-bond acceptors (Lipinski definition) is 12. The standard InChI is InChI=1S/C28H18N4O6S4/c1-37-17-9-5-3-7-15(17)31-25(35)13(11-29)27-39-21-19(33)23-24(20(34)22(21)40-27)42-28(41-23)14(12-30)26(36)32-16-8-4-6-10-18(16)38-2/h3-10,33-34H,1-2H3,(H,31,35)(H,32,36). The summed E-state index contributed by atoms with van der Waals surface area (Å²) < 4.78 is 11.0. The number of phenols is 2. The number of phenolic OH excluding ortho intramolecular Hbond substituents is 2. The maximum atomic E-state index is 13.0. The van der Waals surface area contributed by atoms with Crippen LogP contribution in [0.1, 0.15) is 0 Å². The Balaban J connectivity index is 1.43. The summed E-state index contributed by atoms with van der Waals surface area (Å²) in [6.07, 6.45) is 0. The van der Waals surface area contributed by atoms with Crippen LogP contribution < -0.4 is 20.1 Å². The number of para-hydroxylation sites is 4. The highest BCUT2D eigenvalue weighted by Gasteiger charge is 2.38. The normalized spacial score (nSPS) is 12.9. The first-order chi connectivity index (χ1) is 20.3. The van der Waals surface area contributed by atoms with Crippen LogP contribution in [0, 0.1) is 22.7 Å². The van der Waals surface area contributed by atoms with Crippen LogP contribution in [0.25, 0.3) is 0 Å². The average molecular weight is 635 g/mol. The highest BCUT2D eigenvalue weighted by molar-refractivity contribution is 8.26. The second-order valence-electron chi connectivity index (χ2n) is 8.28. The van der Waals surface area contributed by atoms with E-state index in [1.807, 2.05) is 12.1 Å². The number of anilines is 2. The monoisotopic (exact) mass is 634 g/mol. The lowest BCUT2D eigenvalue weighted by Crippen LogP contribution is -2.14. The SMILES string of the molecule is COc1ccccc1NC(=O)C(C#N)=C1Sc2c(O)c3c(c(O)c2S1)SC(=C(C#N)C(=O)Nc1ccccc1OC)S3. The molecule has 0 unspecified atom stereocenters. The number of hydrogen-bond donors (Lipinski definition) is 4. The molecule has 2 amide bonds. The number of aromatic hydroxyl groups is 2. The summed E-state index contributed by atoms with van der Waals surface area (Å²) in [5.74, 6) is -0.900. The van der Waals surface area contributed by atoms with E-state index in [2.05, 4.69) is 10.6 Å². The number of nitrogens with one attached hydrogen (secondary N) is 2. The number of carbonyl (C=O) groups excluding carboxylic acids is 2. The van der Waals surface area contributed by atoms with Crippen molar-refractivity contribution >= 4 is 70.2 Å². The summed E-state index contributed by atoms with van der Waals surface area (Å²) >= 11 is 3.89. The topological polar surface area (TPSA) is 165 Å². The largest absolute Gasteiger partial charge is 0.505 e. The maximum absolute atomic E-state index is 13.0. The van der Waals surface area contributed by atoms with E-state index in [4.69, 9.17) is 9.47 Å². The van der Waals surface area contributed by atoms with Gasteiger partial charge in [0.15, 0.2) is 0 Å². The summed E-state index contributed by atoms with van der Waals surface area (Å²) in [4.78, 5) is 27.1. The molecule has 14 heteroatoms. The van der Waals surface area contributed by atoms with Crippen LogP contribution in [0.15, 0.2) is 87.7 Å². The van der Waals surface area contributed by atoms with Crippen molar-refractivity contribution in [1.29, 1.82) is 10.5 Å². The van der Waals surface area contributed by atoms with Gasteiger partial charge in [-0.1, -0.05) is 71.3 Å². The van der Waals surface area contributed by atoms with Gasteiger partial charge in [-0.05, 0) is 24.3 Å². The predicted octanol–water partition coefficient (Wildman–Crippen LogP) is 6.26. The Kier molecular flexibility index (Phi) is 8.51. The van der Waals surface area contributed by atoms with Crippen molar-refractivity contribution in [2.24, 2.45) is 0 Å². The molecule has 10 nitrogen and oxygen atoms in total. The number of thioether (sulfide) groups is 4. The summed E-state index contributed by atoms with van der Waals surface area (Å²) in [5, 5.41) is 47.3. The van der Waals surface area contributed by atoms with Crippen molar-refractivity contribution in [1.82, 2.24) is 0 Å². The molecule has 0 atom stereocenters. The highest BCUT2D eigenvalue weighted by Crippen LogP contribution is 2.67. The van der Waals surface area contributed by atoms with Crippen molar-refractivity contribution in [3.05, 3.63) is 68.2 Å². The second kappa shape index (κ2) is 12.3. The molecule has 2 aliphatic heterocycles. The van der Waals surface area contributed by atoms with Gasteiger partial charge in [-0.2, -0.15) is 10.5 Å². The average Bonchev–Trinajstić information content (AvgIpc) is 3.64. The van der Waals surface area contributed by atoms with Crippen LogP contribution >= 0.6 is 47.0 Å². The number of nitriles is 2. The lowest BCUT2D eigenvalue weighted by Gasteiger charge is -2.10. The zero-order valence-corrected chi connectivity index (χ0v) is 24.9. The van der Waals surface area contributed by atoms with Crippen LogP contribution in [-0.4, -0.2) is 36.2 Å². The van der Waals surface area contributed by atoms with Crippen molar-refractivity contribution in [3.8, 4) is 35.1 Å². The molecular weight excluding hydrogens is 617 g/mol. The number of carbonyl (C=O) groups is 2. The van der Waals surface area contributed by atoms with Crippen molar-refractivity contribution < 1.29 is 29.3 Å². The fourth-order valence-corrected chi connectivity index (χ4v) is 9.09. The van der Waals surface area contributed by atoms with Gasteiger partial charge in [0.1, 0.15) is 46.3 Å². The minimum absolute atomic E-state index is 0.192. The van der Waals surface area contributed by atoms with Crippen LogP contribution in [0.2, 0.25) is 0 Å². The second-order valence-corrected chi connectivity index (χ2v) is 12.9. The molecule has 42 heavy (non-hydrogen) atoms. The van der Waals surface area contributed by atoms with Gasteiger partial charge in [0.05, 0.1) is 53.7 Å². The van der Waals surface area contributed by atoms with Crippen LogP contribution in [-0.2, 0) is 9.59 Å². The van der Waals surface area contributed by atoms with Gasteiger partial charge in [0, 0.05) is 0 Å². The van der Waals surface area contributed by atoms with Crippen LogP contribution in [0.3, 0.4) is 0 Å². The Labute approximate surface area is 256 Å². The Morgan fingerprint density at radius 1 is 0.667 bits per heavy atom. The van der Waals surface area contributed by atoms with E-state index in [9.17, 15) is 30.3 Å². The molecule has 210 valence electrons. The molecule has 3 aromatic carbocycles. The molecule has 0 aromatic heterocycles. The third-order valence-corrected chi connectivity index (χ3v) is 11.1. The number of methoxy groups -OCH3 is 2. The van der Waals surface area contributed by atoms with E-state index in [-0.39, 0.29) is 50.7 Å². The van der Waals surface area contributed by atoms with E-state index in [0.29, 0.717) is 22.9 Å². The summed E-state index contributed by atoms with van der Waals surface area (Å²) in [7, 11) is 2.92. The molecule has 2 aliphatic rings. The van der Waals surface area contributed by atoms with E-state index < -0.39 is 11.8 Å². The molecule has 0 aliphatic carbocycles. The molecule has 3 aromatic rings. The molecular formula is C28H18N4O6S4. The van der Waals surface area contributed by atoms with Gasteiger partial charge >= 0.3 is 0 Å². The summed E-state index contributed by atoms with van der Waals surface area (Å²) in [6, 6.07) is 17.3. The van der Waals surface area contributed by atoms with Gasteiger partial charge in [0.25, 0.3) is 11.8 Å². The lowest BCUT2D eigenvalue weighted by molar-refractivity contribution is -0.113. The zero-order valence-electron chi connectivity index (χ0n) is 21.7. The lowest BCUT2D eigenvalue weighted by atomic mass is 10.2. The fourth-order valence-electron chi connectivity index (χ4n) is 3.88.